The number of carbonyl (C=O) groups is 1. The summed E-state index contributed by atoms with van der Waals surface area (Å²) < 4.78 is 41.3. The van der Waals surface area contributed by atoms with Crippen LogP contribution in [-0.4, -0.2) is 30.5 Å². The van der Waals surface area contributed by atoms with Gasteiger partial charge in [0.05, 0.1) is 17.3 Å². The van der Waals surface area contributed by atoms with E-state index >= 15 is 0 Å². The Bertz CT molecular complexity index is 1050. The SMILES string of the molecule is Cc1c(Cl)c(C(F)(F)F)nn1C(C)C(=O)Nc1ncn(Cc2cccc(Cl)c2)n1. The maximum atomic E-state index is 13.0. The zero-order valence-electron chi connectivity index (χ0n) is 15.2. The van der Waals surface area contributed by atoms with Gasteiger partial charge in [-0.1, -0.05) is 35.3 Å². The second-order valence-corrected chi connectivity index (χ2v) is 7.07. The maximum absolute atomic E-state index is 13.0. The summed E-state index contributed by atoms with van der Waals surface area (Å²) in [4.78, 5) is 16.4. The predicted octanol–water partition coefficient (Wildman–Crippen LogP) is 4.36. The number of carbonyl (C=O) groups excluding carboxylic acids is 1. The Morgan fingerprint density at radius 3 is 2.62 bits per heavy atom. The normalized spacial score (nSPS) is 12.8. The zero-order chi connectivity index (χ0) is 21.3. The summed E-state index contributed by atoms with van der Waals surface area (Å²) >= 11 is 11.7. The van der Waals surface area contributed by atoms with Crippen molar-refractivity contribution in [3.05, 3.63) is 57.6 Å². The number of alkyl halides is 3. The van der Waals surface area contributed by atoms with E-state index in [0.717, 1.165) is 10.2 Å². The molecule has 0 aliphatic carbocycles. The summed E-state index contributed by atoms with van der Waals surface area (Å²) in [5.41, 5.74) is -0.323. The minimum atomic E-state index is -4.72. The van der Waals surface area contributed by atoms with Gasteiger partial charge in [0.15, 0.2) is 5.69 Å². The predicted molar refractivity (Wildman–Crippen MR) is 101 cm³/mol. The van der Waals surface area contributed by atoms with Gasteiger partial charge in [-0.15, -0.1) is 5.10 Å². The molecule has 0 saturated heterocycles. The highest BCUT2D eigenvalue weighted by molar-refractivity contribution is 6.32. The summed E-state index contributed by atoms with van der Waals surface area (Å²) in [7, 11) is 0. The van der Waals surface area contributed by atoms with Crippen LogP contribution in [0, 0.1) is 6.92 Å². The van der Waals surface area contributed by atoms with E-state index in [1.807, 2.05) is 6.07 Å². The smallest absolute Gasteiger partial charge is 0.291 e. The van der Waals surface area contributed by atoms with Crippen molar-refractivity contribution < 1.29 is 18.0 Å². The lowest BCUT2D eigenvalue weighted by Crippen LogP contribution is -2.26. The average Bonchev–Trinajstić information content (AvgIpc) is 3.19. The van der Waals surface area contributed by atoms with E-state index in [4.69, 9.17) is 23.2 Å². The molecule has 3 aromatic rings. The van der Waals surface area contributed by atoms with Gasteiger partial charge in [-0.2, -0.15) is 18.3 Å². The number of aromatic nitrogens is 5. The number of hydrogen-bond donors (Lipinski definition) is 1. The standard InChI is InChI=1S/C17H15Cl2F3N6O/c1-9-13(19)14(17(20,21)22)25-28(9)10(2)15(29)24-16-23-8-27(26-16)7-11-4-3-5-12(18)6-11/h3-6,8,10H,7H2,1-2H3,(H,24,26,29). The van der Waals surface area contributed by atoms with Gasteiger partial charge in [-0.05, 0) is 31.5 Å². The fraction of sp³-hybridized carbons (Fsp3) is 0.294. The molecule has 0 aliphatic heterocycles. The van der Waals surface area contributed by atoms with Crippen molar-refractivity contribution in [2.75, 3.05) is 5.32 Å². The molecule has 1 amide bonds. The number of nitrogens with zero attached hydrogens (tertiary/aromatic N) is 5. The fourth-order valence-corrected chi connectivity index (χ4v) is 3.08. The Morgan fingerprint density at radius 2 is 2.00 bits per heavy atom. The van der Waals surface area contributed by atoms with Gasteiger partial charge in [0.1, 0.15) is 12.4 Å². The molecule has 0 bridgehead atoms. The lowest BCUT2D eigenvalue weighted by Gasteiger charge is -2.13. The van der Waals surface area contributed by atoms with Crippen molar-refractivity contribution in [2.24, 2.45) is 0 Å². The van der Waals surface area contributed by atoms with Crippen LogP contribution >= 0.6 is 23.2 Å². The largest absolute Gasteiger partial charge is 0.436 e. The molecule has 1 aromatic carbocycles. The van der Waals surface area contributed by atoms with E-state index < -0.39 is 28.8 Å². The van der Waals surface area contributed by atoms with Crippen molar-refractivity contribution in [1.29, 1.82) is 0 Å². The number of benzene rings is 1. The highest BCUT2D eigenvalue weighted by atomic mass is 35.5. The van der Waals surface area contributed by atoms with E-state index in [-0.39, 0.29) is 11.6 Å². The highest BCUT2D eigenvalue weighted by Gasteiger charge is 2.39. The third-order valence-electron chi connectivity index (χ3n) is 4.10. The number of anilines is 1. The molecule has 1 atom stereocenters. The van der Waals surface area contributed by atoms with Crippen molar-refractivity contribution in [2.45, 2.75) is 32.6 Å². The topological polar surface area (TPSA) is 77.6 Å². The second kappa shape index (κ2) is 8.03. The van der Waals surface area contributed by atoms with Gasteiger partial charge in [0, 0.05) is 5.02 Å². The Morgan fingerprint density at radius 1 is 1.28 bits per heavy atom. The van der Waals surface area contributed by atoms with E-state index in [1.54, 1.807) is 18.2 Å². The highest BCUT2D eigenvalue weighted by Crippen LogP contribution is 2.36. The van der Waals surface area contributed by atoms with E-state index in [1.165, 1.54) is 24.9 Å². The van der Waals surface area contributed by atoms with Crippen molar-refractivity contribution >= 4 is 35.1 Å². The maximum Gasteiger partial charge on any atom is 0.436 e. The van der Waals surface area contributed by atoms with Crippen LogP contribution in [-0.2, 0) is 17.5 Å². The van der Waals surface area contributed by atoms with Gasteiger partial charge in [-0.25, -0.2) is 9.67 Å². The molecule has 2 heterocycles. The molecule has 0 radical (unpaired) electrons. The minimum Gasteiger partial charge on any atom is -0.291 e. The molecule has 154 valence electrons. The number of amides is 1. The quantitative estimate of drug-likeness (QED) is 0.631. The Hall–Kier alpha value is -2.59. The van der Waals surface area contributed by atoms with Gasteiger partial charge in [0.2, 0.25) is 5.95 Å². The molecular weight excluding hydrogens is 432 g/mol. The number of hydrogen-bond acceptors (Lipinski definition) is 4. The first-order chi connectivity index (χ1) is 13.6. The lowest BCUT2D eigenvalue weighted by atomic mass is 10.2. The number of nitrogens with one attached hydrogen (secondary N) is 1. The van der Waals surface area contributed by atoms with E-state index in [2.05, 4.69) is 20.5 Å². The third-order valence-corrected chi connectivity index (χ3v) is 4.78. The van der Waals surface area contributed by atoms with Crippen LogP contribution in [0.15, 0.2) is 30.6 Å². The van der Waals surface area contributed by atoms with Crippen LogP contribution in [0.2, 0.25) is 10.0 Å². The van der Waals surface area contributed by atoms with Crippen LogP contribution in [0.25, 0.3) is 0 Å². The fourth-order valence-electron chi connectivity index (χ4n) is 2.63. The van der Waals surface area contributed by atoms with Gasteiger partial charge < -0.3 is 0 Å². The van der Waals surface area contributed by atoms with Gasteiger partial charge >= 0.3 is 6.18 Å². The zero-order valence-corrected chi connectivity index (χ0v) is 16.7. The van der Waals surface area contributed by atoms with E-state index in [0.29, 0.717) is 11.6 Å². The van der Waals surface area contributed by atoms with Crippen LogP contribution < -0.4 is 5.32 Å². The molecular formula is C17H15Cl2F3N6O. The Balaban J connectivity index is 1.72. The molecule has 7 nitrogen and oxygen atoms in total. The summed E-state index contributed by atoms with van der Waals surface area (Å²) in [5, 5.41) is 10.1. The molecule has 0 spiro atoms. The van der Waals surface area contributed by atoms with Crippen LogP contribution in [0.1, 0.15) is 29.9 Å². The van der Waals surface area contributed by atoms with Gasteiger partial charge in [0.25, 0.3) is 5.91 Å². The first-order valence-electron chi connectivity index (χ1n) is 8.33. The molecule has 12 heteroatoms. The van der Waals surface area contributed by atoms with Crippen molar-refractivity contribution in [1.82, 2.24) is 24.5 Å². The van der Waals surface area contributed by atoms with Gasteiger partial charge in [-0.3, -0.25) is 14.8 Å². The summed E-state index contributed by atoms with van der Waals surface area (Å²) in [6, 6.07) is 6.10. The Kier molecular flexibility index (Phi) is 5.85. The first-order valence-corrected chi connectivity index (χ1v) is 9.08. The third kappa shape index (κ3) is 4.70. The second-order valence-electron chi connectivity index (χ2n) is 6.25. The molecule has 29 heavy (non-hydrogen) atoms. The minimum absolute atomic E-state index is 0.0100. The van der Waals surface area contributed by atoms with E-state index in [9.17, 15) is 18.0 Å². The van der Waals surface area contributed by atoms with Crippen LogP contribution in [0.5, 0.6) is 0 Å². The number of rotatable bonds is 5. The summed E-state index contributed by atoms with van der Waals surface area (Å²) in [6.45, 7) is 3.13. The van der Waals surface area contributed by atoms with Crippen molar-refractivity contribution in [3.63, 3.8) is 0 Å². The lowest BCUT2D eigenvalue weighted by molar-refractivity contribution is -0.141. The molecule has 3 rings (SSSR count). The average molecular weight is 447 g/mol. The molecule has 0 saturated carbocycles. The molecule has 0 fully saturated rings. The molecule has 1 unspecified atom stereocenters. The van der Waals surface area contributed by atoms with Crippen molar-refractivity contribution in [3.8, 4) is 0 Å². The summed E-state index contributed by atoms with van der Waals surface area (Å²) in [6.07, 6.45) is -3.30. The monoisotopic (exact) mass is 446 g/mol. The number of halogens is 5. The van der Waals surface area contributed by atoms with Crippen LogP contribution in [0.3, 0.4) is 0 Å². The molecule has 2 aromatic heterocycles. The first kappa shape index (κ1) is 21.1. The summed E-state index contributed by atoms with van der Waals surface area (Å²) in [5.74, 6) is -0.627. The molecule has 0 aliphatic rings. The Labute approximate surface area is 173 Å². The molecule has 1 N–H and O–H groups in total. The van der Waals surface area contributed by atoms with Crippen LogP contribution in [0.4, 0.5) is 19.1 Å².